The maximum Gasteiger partial charge on any atom is 0.410 e. The van der Waals surface area contributed by atoms with Crippen molar-refractivity contribution in [1.82, 2.24) is 10.2 Å². The Morgan fingerprint density at radius 3 is 2.11 bits per heavy atom. The monoisotopic (exact) mass is 612 g/mol. The molecule has 5 rings (SSSR count). The van der Waals surface area contributed by atoms with E-state index in [1.54, 1.807) is 39.7 Å². The minimum absolute atomic E-state index is 0.0419. The molecule has 45 heavy (non-hydrogen) atoms. The SMILES string of the molecule is CO[C@H]([C@@H](C)C(=O)N[C@@H](Cc1ccccc1)C(=O)OC(C)(C)C)[C@@H]1CCCN1C(=O)OCC1c2ccccc2-c2ccccc21. The maximum absolute atomic E-state index is 13.6. The molecule has 3 aromatic rings. The van der Waals surface area contributed by atoms with Crippen LogP contribution in [-0.4, -0.2) is 66.9 Å². The van der Waals surface area contributed by atoms with Crippen LogP contribution in [0.1, 0.15) is 63.1 Å². The quantitative estimate of drug-likeness (QED) is 0.277. The van der Waals surface area contributed by atoms with Crippen molar-refractivity contribution in [1.29, 1.82) is 0 Å². The zero-order valence-corrected chi connectivity index (χ0v) is 26.8. The smallest absolute Gasteiger partial charge is 0.410 e. The van der Waals surface area contributed by atoms with Crippen molar-refractivity contribution >= 4 is 18.0 Å². The number of ether oxygens (including phenoxy) is 3. The summed E-state index contributed by atoms with van der Waals surface area (Å²) in [7, 11) is 1.55. The summed E-state index contributed by atoms with van der Waals surface area (Å²) in [5, 5.41) is 2.92. The van der Waals surface area contributed by atoms with Crippen molar-refractivity contribution in [3.05, 3.63) is 95.6 Å². The van der Waals surface area contributed by atoms with Gasteiger partial charge < -0.3 is 24.4 Å². The van der Waals surface area contributed by atoms with Gasteiger partial charge in [0.2, 0.25) is 5.91 Å². The van der Waals surface area contributed by atoms with Crippen LogP contribution in [0.25, 0.3) is 11.1 Å². The second-order valence-corrected chi connectivity index (χ2v) is 13.0. The van der Waals surface area contributed by atoms with Crippen LogP contribution in [0.2, 0.25) is 0 Å². The first-order valence-electron chi connectivity index (χ1n) is 15.8. The highest BCUT2D eigenvalue weighted by Gasteiger charge is 2.42. The fourth-order valence-corrected chi connectivity index (χ4v) is 6.60. The fourth-order valence-electron chi connectivity index (χ4n) is 6.60. The number of benzene rings is 3. The van der Waals surface area contributed by atoms with Gasteiger partial charge >= 0.3 is 12.1 Å². The Kier molecular flexibility index (Phi) is 9.93. The molecule has 1 aliphatic carbocycles. The lowest BCUT2D eigenvalue weighted by Gasteiger charge is -2.34. The number of carbonyl (C=O) groups is 3. The van der Waals surface area contributed by atoms with Gasteiger partial charge in [-0.15, -0.1) is 0 Å². The number of hydrogen-bond donors (Lipinski definition) is 1. The highest BCUT2D eigenvalue weighted by atomic mass is 16.6. The number of methoxy groups -OCH3 is 1. The number of likely N-dealkylation sites (tertiary alicyclic amines) is 1. The Hall–Kier alpha value is -4.17. The van der Waals surface area contributed by atoms with E-state index in [9.17, 15) is 14.4 Å². The Morgan fingerprint density at radius 2 is 1.51 bits per heavy atom. The van der Waals surface area contributed by atoms with Crippen molar-refractivity contribution < 1.29 is 28.6 Å². The largest absolute Gasteiger partial charge is 0.458 e. The topological polar surface area (TPSA) is 94.2 Å². The van der Waals surface area contributed by atoms with Crippen LogP contribution in [0, 0.1) is 5.92 Å². The molecule has 0 unspecified atom stereocenters. The minimum Gasteiger partial charge on any atom is -0.458 e. The van der Waals surface area contributed by atoms with E-state index in [2.05, 4.69) is 29.6 Å². The van der Waals surface area contributed by atoms with Gasteiger partial charge in [-0.2, -0.15) is 0 Å². The van der Waals surface area contributed by atoms with E-state index < -0.39 is 35.7 Å². The molecule has 1 saturated heterocycles. The Labute approximate surface area is 266 Å². The Bertz CT molecular complexity index is 1450. The van der Waals surface area contributed by atoms with Gasteiger partial charge in [-0.3, -0.25) is 4.79 Å². The molecular formula is C37H44N2O6. The zero-order chi connectivity index (χ0) is 32.1. The van der Waals surface area contributed by atoms with Crippen molar-refractivity contribution in [2.45, 2.75) is 76.7 Å². The average molecular weight is 613 g/mol. The third kappa shape index (κ3) is 7.39. The van der Waals surface area contributed by atoms with Crippen LogP contribution < -0.4 is 5.32 Å². The summed E-state index contributed by atoms with van der Waals surface area (Å²) >= 11 is 0. The summed E-state index contributed by atoms with van der Waals surface area (Å²) in [6.45, 7) is 7.91. The summed E-state index contributed by atoms with van der Waals surface area (Å²) in [6, 6.07) is 24.8. The number of nitrogens with one attached hydrogen (secondary N) is 1. The predicted molar refractivity (Wildman–Crippen MR) is 173 cm³/mol. The molecule has 3 aromatic carbocycles. The lowest BCUT2D eigenvalue weighted by molar-refractivity contribution is -0.159. The number of amides is 2. The predicted octanol–water partition coefficient (Wildman–Crippen LogP) is 6.12. The van der Waals surface area contributed by atoms with E-state index in [0.29, 0.717) is 19.4 Å². The first kappa shape index (κ1) is 32.2. The number of carbonyl (C=O) groups excluding carboxylic acids is 3. The molecule has 1 fully saturated rings. The van der Waals surface area contributed by atoms with Crippen molar-refractivity contribution in [2.24, 2.45) is 5.92 Å². The van der Waals surface area contributed by atoms with Gasteiger partial charge in [-0.05, 0) is 61.4 Å². The molecule has 1 aliphatic heterocycles. The number of rotatable bonds is 10. The van der Waals surface area contributed by atoms with Gasteiger partial charge in [0.05, 0.1) is 18.1 Å². The second-order valence-electron chi connectivity index (χ2n) is 13.0. The van der Waals surface area contributed by atoms with Crippen LogP contribution in [0.4, 0.5) is 4.79 Å². The number of hydrogen-bond acceptors (Lipinski definition) is 6. The van der Waals surface area contributed by atoms with E-state index in [0.717, 1.165) is 23.1 Å². The van der Waals surface area contributed by atoms with E-state index in [-0.39, 0.29) is 24.5 Å². The van der Waals surface area contributed by atoms with Crippen molar-refractivity contribution in [3.8, 4) is 11.1 Å². The molecule has 0 spiro atoms. The number of fused-ring (bicyclic) bond motifs is 3. The van der Waals surface area contributed by atoms with Crippen LogP contribution in [0.3, 0.4) is 0 Å². The molecule has 0 radical (unpaired) electrons. The molecule has 0 bridgehead atoms. The summed E-state index contributed by atoms with van der Waals surface area (Å²) in [4.78, 5) is 42.0. The molecule has 2 amide bonds. The first-order valence-corrected chi connectivity index (χ1v) is 15.8. The van der Waals surface area contributed by atoms with Crippen LogP contribution in [-0.2, 0) is 30.2 Å². The molecule has 8 heteroatoms. The molecule has 1 N–H and O–H groups in total. The zero-order valence-electron chi connectivity index (χ0n) is 26.8. The van der Waals surface area contributed by atoms with Gasteiger partial charge in [-0.25, -0.2) is 9.59 Å². The Morgan fingerprint density at radius 1 is 0.911 bits per heavy atom. The van der Waals surface area contributed by atoms with Gasteiger partial charge in [0, 0.05) is 26.0 Å². The lowest BCUT2D eigenvalue weighted by atomic mass is 9.94. The number of nitrogens with zero attached hydrogens (tertiary/aromatic N) is 1. The molecule has 0 saturated carbocycles. The average Bonchev–Trinajstić information content (AvgIpc) is 3.63. The summed E-state index contributed by atoms with van der Waals surface area (Å²) in [5.74, 6) is -1.53. The van der Waals surface area contributed by atoms with Crippen LogP contribution >= 0.6 is 0 Å². The van der Waals surface area contributed by atoms with Crippen LogP contribution in [0.5, 0.6) is 0 Å². The Balaban J connectivity index is 1.26. The third-order valence-corrected chi connectivity index (χ3v) is 8.72. The van der Waals surface area contributed by atoms with Crippen LogP contribution in [0.15, 0.2) is 78.9 Å². The lowest BCUT2D eigenvalue weighted by Crippen LogP contribution is -2.53. The fraction of sp³-hybridized carbons (Fsp3) is 0.432. The highest BCUT2D eigenvalue weighted by molar-refractivity contribution is 5.86. The maximum atomic E-state index is 13.6. The van der Waals surface area contributed by atoms with Gasteiger partial charge in [0.15, 0.2) is 0 Å². The van der Waals surface area contributed by atoms with Gasteiger partial charge in [0.1, 0.15) is 18.2 Å². The molecule has 2 aliphatic rings. The van der Waals surface area contributed by atoms with Gasteiger partial charge in [-0.1, -0.05) is 85.8 Å². The van der Waals surface area contributed by atoms with Crippen molar-refractivity contribution in [2.75, 3.05) is 20.3 Å². The molecule has 1 heterocycles. The van der Waals surface area contributed by atoms with E-state index in [1.165, 1.54) is 11.1 Å². The number of esters is 1. The summed E-state index contributed by atoms with van der Waals surface area (Å²) in [5.41, 5.74) is 4.85. The standard InChI is InChI=1S/C37H44N2O6/c1-24(34(40)38-31(35(41)45-37(2,3)4)22-25-14-7-6-8-15-25)33(43-5)32-20-13-21-39(32)36(42)44-23-30-28-18-11-9-16-26(28)27-17-10-12-19-29(27)30/h6-12,14-19,24,30-33H,13,20-23H2,1-5H3,(H,38,40)/t24-,31+,32+,33-/m1/s1. The van der Waals surface area contributed by atoms with E-state index >= 15 is 0 Å². The first-order chi connectivity index (χ1) is 21.6. The van der Waals surface area contributed by atoms with Crippen molar-refractivity contribution in [3.63, 3.8) is 0 Å². The van der Waals surface area contributed by atoms with E-state index in [1.807, 2.05) is 54.6 Å². The minimum atomic E-state index is -0.874. The molecular weight excluding hydrogens is 568 g/mol. The highest BCUT2D eigenvalue weighted by Crippen LogP contribution is 2.44. The van der Waals surface area contributed by atoms with Gasteiger partial charge in [0.25, 0.3) is 0 Å². The molecule has 4 atom stereocenters. The molecule has 8 nitrogen and oxygen atoms in total. The summed E-state index contributed by atoms with van der Waals surface area (Å²) < 4.78 is 17.5. The van der Waals surface area contributed by atoms with E-state index in [4.69, 9.17) is 14.2 Å². The third-order valence-electron chi connectivity index (χ3n) is 8.72. The normalized spacial score (nSPS) is 18.0. The molecule has 238 valence electrons. The molecule has 0 aromatic heterocycles. The second kappa shape index (κ2) is 13.9. The summed E-state index contributed by atoms with van der Waals surface area (Å²) in [6.07, 6.45) is 0.743.